The topological polar surface area (TPSA) is 66.5 Å². The number of likely N-dealkylation sites (tertiary alicyclic amines) is 1. The summed E-state index contributed by atoms with van der Waals surface area (Å²) in [5.41, 5.74) is 0.978. The summed E-state index contributed by atoms with van der Waals surface area (Å²) < 4.78 is 0. The van der Waals surface area contributed by atoms with Crippen molar-refractivity contribution >= 4 is 17.7 Å². The molecule has 5 nitrogen and oxygen atoms in total. The van der Waals surface area contributed by atoms with E-state index >= 15 is 0 Å². The third-order valence-electron chi connectivity index (χ3n) is 3.72. The predicted octanol–water partition coefficient (Wildman–Crippen LogP) is 1.45. The van der Waals surface area contributed by atoms with E-state index in [9.17, 15) is 14.4 Å². The van der Waals surface area contributed by atoms with Crippen LogP contribution in [-0.4, -0.2) is 35.7 Å². The first-order valence-corrected chi connectivity index (χ1v) is 7.29. The quantitative estimate of drug-likeness (QED) is 0.806. The summed E-state index contributed by atoms with van der Waals surface area (Å²) in [5, 5.41) is 2.82. The fourth-order valence-corrected chi connectivity index (χ4v) is 2.54. The highest BCUT2D eigenvalue weighted by molar-refractivity contribution is 6.01. The fraction of sp³-hybridized carbons (Fsp3) is 0.438. The number of benzene rings is 1. The van der Waals surface area contributed by atoms with Gasteiger partial charge in [0.1, 0.15) is 0 Å². The van der Waals surface area contributed by atoms with Crippen LogP contribution in [0.2, 0.25) is 0 Å². The van der Waals surface area contributed by atoms with Crippen molar-refractivity contribution in [1.82, 2.24) is 10.2 Å². The monoisotopic (exact) mass is 288 g/mol. The lowest BCUT2D eigenvalue weighted by molar-refractivity contribution is -0.138. The number of hydrogen-bond acceptors (Lipinski definition) is 3. The van der Waals surface area contributed by atoms with E-state index < -0.39 is 0 Å². The SMILES string of the molecule is CCC(C(=O)NCCN1C(=O)CCC1=O)c1ccccc1. The van der Waals surface area contributed by atoms with Crippen molar-refractivity contribution in [3.05, 3.63) is 35.9 Å². The van der Waals surface area contributed by atoms with Crippen LogP contribution >= 0.6 is 0 Å². The summed E-state index contributed by atoms with van der Waals surface area (Å²) in [4.78, 5) is 36.4. The molecular weight excluding hydrogens is 268 g/mol. The van der Waals surface area contributed by atoms with Crippen LogP contribution in [0.1, 0.15) is 37.7 Å². The smallest absolute Gasteiger partial charge is 0.229 e. The molecule has 2 rings (SSSR count). The Morgan fingerprint density at radius 3 is 2.38 bits per heavy atom. The van der Waals surface area contributed by atoms with E-state index in [1.54, 1.807) is 0 Å². The largest absolute Gasteiger partial charge is 0.354 e. The molecule has 1 aliphatic rings. The molecule has 1 unspecified atom stereocenters. The maximum Gasteiger partial charge on any atom is 0.229 e. The van der Waals surface area contributed by atoms with Crippen molar-refractivity contribution in [2.75, 3.05) is 13.1 Å². The lowest BCUT2D eigenvalue weighted by Crippen LogP contribution is -2.39. The minimum absolute atomic E-state index is 0.0669. The lowest BCUT2D eigenvalue weighted by Gasteiger charge is -2.18. The van der Waals surface area contributed by atoms with Gasteiger partial charge in [-0.05, 0) is 12.0 Å². The Balaban J connectivity index is 1.86. The van der Waals surface area contributed by atoms with Crippen LogP contribution in [0.3, 0.4) is 0 Å². The van der Waals surface area contributed by atoms with Gasteiger partial charge in [0.25, 0.3) is 0 Å². The van der Waals surface area contributed by atoms with Gasteiger partial charge in [-0.2, -0.15) is 0 Å². The van der Waals surface area contributed by atoms with Gasteiger partial charge in [-0.3, -0.25) is 19.3 Å². The number of hydrogen-bond donors (Lipinski definition) is 1. The summed E-state index contributed by atoms with van der Waals surface area (Å²) in [6, 6.07) is 9.60. The van der Waals surface area contributed by atoms with E-state index in [0.717, 1.165) is 5.56 Å². The highest BCUT2D eigenvalue weighted by Gasteiger charge is 2.28. The number of rotatable bonds is 6. The van der Waals surface area contributed by atoms with Crippen molar-refractivity contribution in [3.8, 4) is 0 Å². The zero-order chi connectivity index (χ0) is 15.2. The van der Waals surface area contributed by atoms with E-state index in [1.807, 2.05) is 37.3 Å². The van der Waals surface area contributed by atoms with Gasteiger partial charge in [0.05, 0.1) is 5.92 Å². The lowest BCUT2D eigenvalue weighted by atomic mass is 9.96. The van der Waals surface area contributed by atoms with E-state index in [4.69, 9.17) is 0 Å². The molecule has 0 saturated carbocycles. The first kappa shape index (κ1) is 15.2. The molecule has 1 aliphatic heterocycles. The zero-order valence-electron chi connectivity index (χ0n) is 12.2. The first-order valence-electron chi connectivity index (χ1n) is 7.29. The standard InChI is InChI=1S/C16H20N2O3/c1-2-13(12-6-4-3-5-7-12)16(21)17-10-11-18-14(19)8-9-15(18)20/h3-7,13H,2,8-11H2,1H3,(H,17,21). The molecule has 0 bridgehead atoms. The molecule has 1 N–H and O–H groups in total. The minimum Gasteiger partial charge on any atom is -0.354 e. The van der Waals surface area contributed by atoms with E-state index in [-0.39, 0.29) is 43.0 Å². The maximum atomic E-state index is 12.2. The molecule has 1 fully saturated rings. The van der Waals surface area contributed by atoms with Crippen molar-refractivity contribution < 1.29 is 14.4 Å². The van der Waals surface area contributed by atoms with E-state index in [2.05, 4.69) is 5.32 Å². The van der Waals surface area contributed by atoms with E-state index in [1.165, 1.54) is 4.90 Å². The second-order valence-corrected chi connectivity index (χ2v) is 5.10. The van der Waals surface area contributed by atoms with Gasteiger partial charge in [0.2, 0.25) is 17.7 Å². The molecule has 3 amide bonds. The number of imide groups is 1. The minimum atomic E-state index is -0.198. The van der Waals surface area contributed by atoms with Crippen molar-refractivity contribution in [2.45, 2.75) is 32.1 Å². The summed E-state index contributed by atoms with van der Waals surface area (Å²) >= 11 is 0. The molecule has 1 aromatic carbocycles. The Labute approximate surface area is 124 Å². The van der Waals surface area contributed by atoms with Crippen molar-refractivity contribution in [1.29, 1.82) is 0 Å². The molecule has 1 heterocycles. The molecule has 1 atom stereocenters. The second kappa shape index (κ2) is 7.02. The Bertz CT molecular complexity index is 512. The molecule has 0 aromatic heterocycles. The van der Waals surface area contributed by atoms with Crippen LogP contribution in [0.4, 0.5) is 0 Å². The second-order valence-electron chi connectivity index (χ2n) is 5.10. The molecule has 0 aliphatic carbocycles. The summed E-state index contributed by atoms with van der Waals surface area (Å²) in [6.07, 6.45) is 1.28. The Kier molecular flexibility index (Phi) is 5.09. The van der Waals surface area contributed by atoms with Gasteiger partial charge < -0.3 is 5.32 Å². The maximum absolute atomic E-state index is 12.2. The van der Waals surface area contributed by atoms with Crippen LogP contribution in [-0.2, 0) is 14.4 Å². The van der Waals surface area contributed by atoms with Crippen LogP contribution in [0.15, 0.2) is 30.3 Å². The zero-order valence-corrected chi connectivity index (χ0v) is 12.2. The summed E-state index contributed by atoms with van der Waals surface area (Å²) in [5.74, 6) is -0.562. The predicted molar refractivity (Wildman–Crippen MR) is 78.4 cm³/mol. The van der Waals surface area contributed by atoms with Crippen LogP contribution in [0, 0.1) is 0 Å². The number of carbonyl (C=O) groups is 3. The Morgan fingerprint density at radius 1 is 1.19 bits per heavy atom. The summed E-state index contributed by atoms with van der Waals surface area (Å²) in [6.45, 7) is 2.53. The van der Waals surface area contributed by atoms with Gasteiger partial charge in [0.15, 0.2) is 0 Å². The number of amides is 3. The third-order valence-corrected chi connectivity index (χ3v) is 3.72. The highest BCUT2D eigenvalue weighted by atomic mass is 16.2. The van der Waals surface area contributed by atoms with Gasteiger partial charge in [-0.1, -0.05) is 37.3 Å². The number of carbonyl (C=O) groups excluding carboxylic acids is 3. The molecule has 112 valence electrons. The van der Waals surface area contributed by atoms with Crippen molar-refractivity contribution in [2.24, 2.45) is 0 Å². The van der Waals surface area contributed by atoms with Crippen LogP contribution < -0.4 is 5.32 Å². The normalized spacial score (nSPS) is 16.1. The van der Waals surface area contributed by atoms with Gasteiger partial charge in [-0.15, -0.1) is 0 Å². The van der Waals surface area contributed by atoms with Gasteiger partial charge in [-0.25, -0.2) is 0 Å². The Morgan fingerprint density at radius 2 is 1.81 bits per heavy atom. The van der Waals surface area contributed by atoms with Crippen LogP contribution in [0.5, 0.6) is 0 Å². The summed E-state index contributed by atoms with van der Waals surface area (Å²) in [7, 11) is 0. The molecule has 1 saturated heterocycles. The Hall–Kier alpha value is -2.17. The van der Waals surface area contributed by atoms with Crippen LogP contribution in [0.25, 0.3) is 0 Å². The van der Waals surface area contributed by atoms with Gasteiger partial charge in [0, 0.05) is 25.9 Å². The fourth-order valence-electron chi connectivity index (χ4n) is 2.54. The number of nitrogens with one attached hydrogen (secondary N) is 1. The highest BCUT2D eigenvalue weighted by Crippen LogP contribution is 2.19. The molecule has 0 spiro atoms. The molecule has 0 radical (unpaired) electrons. The molecule has 1 aromatic rings. The van der Waals surface area contributed by atoms with E-state index in [0.29, 0.717) is 13.0 Å². The molecular formula is C16H20N2O3. The average Bonchev–Trinajstić information content (AvgIpc) is 2.81. The van der Waals surface area contributed by atoms with Crippen molar-refractivity contribution in [3.63, 3.8) is 0 Å². The number of nitrogens with zero attached hydrogens (tertiary/aromatic N) is 1. The average molecular weight is 288 g/mol. The third kappa shape index (κ3) is 3.68. The molecule has 5 heteroatoms. The van der Waals surface area contributed by atoms with Gasteiger partial charge >= 0.3 is 0 Å². The molecule has 21 heavy (non-hydrogen) atoms. The first-order chi connectivity index (χ1) is 10.1.